The summed E-state index contributed by atoms with van der Waals surface area (Å²) >= 11 is 3.52. The van der Waals surface area contributed by atoms with Gasteiger partial charge in [0.25, 0.3) is 0 Å². The molecule has 0 aliphatic rings. The van der Waals surface area contributed by atoms with E-state index in [1.807, 2.05) is 12.3 Å². The molecule has 0 spiro atoms. The fraction of sp³-hybridized carbons (Fsp3) is 0.312. The fourth-order valence-corrected chi connectivity index (χ4v) is 2.62. The van der Waals surface area contributed by atoms with E-state index in [-0.39, 0.29) is 6.04 Å². The van der Waals surface area contributed by atoms with Crippen molar-refractivity contribution in [3.05, 3.63) is 63.9 Å². The van der Waals surface area contributed by atoms with Crippen LogP contribution in [0.25, 0.3) is 0 Å². The van der Waals surface area contributed by atoms with Gasteiger partial charge in [0.2, 0.25) is 0 Å². The van der Waals surface area contributed by atoms with Crippen molar-refractivity contribution in [1.29, 1.82) is 0 Å². The van der Waals surface area contributed by atoms with Crippen LogP contribution in [0.3, 0.4) is 0 Å². The molecule has 0 fully saturated rings. The lowest BCUT2D eigenvalue weighted by Crippen LogP contribution is -2.24. The van der Waals surface area contributed by atoms with Crippen LogP contribution >= 0.6 is 15.9 Å². The third kappa shape index (κ3) is 4.15. The molecule has 0 amide bonds. The van der Waals surface area contributed by atoms with E-state index in [9.17, 15) is 0 Å². The smallest absolute Gasteiger partial charge is 0.0579 e. The number of pyridine rings is 1. The largest absolute Gasteiger partial charge is 0.309 e. The second-order valence-electron chi connectivity index (χ2n) is 4.70. The first kappa shape index (κ1) is 14.2. The van der Waals surface area contributed by atoms with Crippen molar-refractivity contribution < 1.29 is 0 Å². The summed E-state index contributed by atoms with van der Waals surface area (Å²) in [5, 5.41) is 3.52. The zero-order valence-corrected chi connectivity index (χ0v) is 12.9. The molecule has 0 saturated carbocycles. The zero-order valence-electron chi connectivity index (χ0n) is 11.4. The zero-order chi connectivity index (χ0) is 13.7. The maximum atomic E-state index is 4.50. The Balaban J connectivity index is 2.21. The maximum Gasteiger partial charge on any atom is 0.0579 e. The number of aryl methyl sites for hydroxylation is 1. The van der Waals surface area contributed by atoms with E-state index in [1.54, 1.807) is 0 Å². The molecule has 0 saturated heterocycles. The van der Waals surface area contributed by atoms with Crippen molar-refractivity contribution in [1.82, 2.24) is 10.3 Å². The summed E-state index contributed by atoms with van der Waals surface area (Å²) in [5.41, 5.74) is 3.67. The average Bonchev–Trinajstić information content (AvgIpc) is 2.38. The quantitative estimate of drug-likeness (QED) is 0.899. The van der Waals surface area contributed by atoms with E-state index in [2.05, 4.69) is 70.4 Å². The molecule has 1 unspecified atom stereocenters. The van der Waals surface area contributed by atoms with Crippen molar-refractivity contribution >= 4 is 15.9 Å². The van der Waals surface area contributed by atoms with Crippen LogP contribution in [0.4, 0.5) is 0 Å². The number of hydrogen-bond acceptors (Lipinski definition) is 2. The van der Waals surface area contributed by atoms with Crippen molar-refractivity contribution in [3.63, 3.8) is 0 Å². The molecule has 1 atom stereocenters. The summed E-state index contributed by atoms with van der Waals surface area (Å²) in [5.74, 6) is 0. The maximum absolute atomic E-state index is 4.50. The highest BCUT2D eigenvalue weighted by molar-refractivity contribution is 9.10. The normalized spacial score (nSPS) is 12.4. The Bertz CT molecular complexity index is 540. The van der Waals surface area contributed by atoms with Crippen LogP contribution in [0.5, 0.6) is 0 Å². The fourth-order valence-electron chi connectivity index (χ4n) is 2.18. The molecule has 0 aliphatic heterocycles. The number of nitrogens with one attached hydrogen (secondary N) is 1. The van der Waals surface area contributed by atoms with Crippen LogP contribution in [0.2, 0.25) is 0 Å². The van der Waals surface area contributed by atoms with Crippen molar-refractivity contribution in [2.75, 3.05) is 6.54 Å². The molecule has 3 heteroatoms. The van der Waals surface area contributed by atoms with Gasteiger partial charge in [-0.2, -0.15) is 0 Å². The van der Waals surface area contributed by atoms with Crippen molar-refractivity contribution in [2.24, 2.45) is 0 Å². The van der Waals surface area contributed by atoms with Gasteiger partial charge in [0.15, 0.2) is 0 Å². The van der Waals surface area contributed by atoms with Gasteiger partial charge in [-0.25, -0.2) is 0 Å². The van der Waals surface area contributed by atoms with Crippen LogP contribution in [-0.4, -0.2) is 11.5 Å². The number of halogens is 1. The Morgan fingerprint density at radius 2 is 2.11 bits per heavy atom. The molecular weight excluding hydrogens is 300 g/mol. The van der Waals surface area contributed by atoms with E-state index in [4.69, 9.17) is 0 Å². The second-order valence-corrected chi connectivity index (χ2v) is 5.62. The summed E-state index contributed by atoms with van der Waals surface area (Å²) in [4.78, 5) is 4.50. The topological polar surface area (TPSA) is 24.9 Å². The van der Waals surface area contributed by atoms with Gasteiger partial charge >= 0.3 is 0 Å². The molecule has 2 nitrogen and oxygen atoms in total. The molecule has 1 N–H and O–H groups in total. The number of hydrogen-bond donors (Lipinski definition) is 1. The van der Waals surface area contributed by atoms with E-state index in [1.165, 1.54) is 11.1 Å². The van der Waals surface area contributed by atoms with Gasteiger partial charge in [-0.05, 0) is 55.3 Å². The Labute approximate surface area is 123 Å². The molecule has 2 rings (SSSR count). The molecule has 1 aromatic heterocycles. The average molecular weight is 319 g/mol. The van der Waals surface area contributed by atoms with Crippen molar-refractivity contribution in [2.45, 2.75) is 26.3 Å². The first-order chi connectivity index (χ1) is 9.19. The van der Waals surface area contributed by atoms with Gasteiger partial charge in [-0.3, -0.25) is 4.98 Å². The molecule has 0 bridgehead atoms. The first-order valence-corrected chi connectivity index (χ1v) is 7.38. The molecule has 2 aromatic rings. The van der Waals surface area contributed by atoms with Gasteiger partial charge in [0.05, 0.1) is 11.7 Å². The Kier molecular flexibility index (Phi) is 5.11. The molecule has 19 heavy (non-hydrogen) atoms. The highest BCUT2D eigenvalue weighted by Crippen LogP contribution is 2.20. The molecule has 1 heterocycles. The Hall–Kier alpha value is -1.19. The minimum Gasteiger partial charge on any atom is -0.309 e. The highest BCUT2D eigenvalue weighted by atomic mass is 79.9. The van der Waals surface area contributed by atoms with Gasteiger partial charge in [-0.1, -0.05) is 35.0 Å². The van der Waals surface area contributed by atoms with E-state index < -0.39 is 0 Å². The summed E-state index contributed by atoms with van der Waals surface area (Å²) in [6.45, 7) is 5.17. The number of rotatable bonds is 5. The minimum atomic E-state index is 0.263. The van der Waals surface area contributed by atoms with Gasteiger partial charge in [-0.15, -0.1) is 0 Å². The lowest BCUT2D eigenvalue weighted by Gasteiger charge is -2.18. The lowest BCUT2D eigenvalue weighted by molar-refractivity contribution is 0.536. The summed E-state index contributed by atoms with van der Waals surface area (Å²) in [6.07, 6.45) is 2.83. The summed E-state index contributed by atoms with van der Waals surface area (Å²) in [7, 11) is 0. The predicted octanol–water partition coefficient (Wildman–Crippen LogP) is 4.05. The summed E-state index contributed by atoms with van der Waals surface area (Å²) in [6, 6.07) is 12.9. The van der Waals surface area contributed by atoms with Gasteiger partial charge < -0.3 is 5.32 Å². The molecular formula is C16H19BrN2. The Morgan fingerprint density at radius 3 is 2.79 bits per heavy atom. The van der Waals surface area contributed by atoms with Crippen LogP contribution < -0.4 is 5.32 Å². The third-order valence-corrected chi connectivity index (χ3v) is 3.57. The van der Waals surface area contributed by atoms with E-state index >= 15 is 0 Å². The van der Waals surface area contributed by atoms with Crippen LogP contribution in [0, 0.1) is 6.92 Å². The number of likely N-dealkylation sites (N-methyl/N-ethyl adjacent to an activating group) is 1. The van der Waals surface area contributed by atoms with Crippen LogP contribution in [0.1, 0.15) is 29.8 Å². The Morgan fingerprint density at radius 1 is 1.26 bits per heavy atom. The highest BCUT2D eigenvalue weighted by Gasteiger charge is 2.12. The van der Waals surface area contributed by atoms with Gasteiger partial charge in [0.1, 0.15) is 0 Å². The third-order valence-electron chi connectivity index (χ3n) is 3.07. The van der Waals surface area contributed by atoms with E-state index in [0.29, 0.717) is 0 Å². The minimum absolute atomic E-state index is 0.263. The molecule has 1 aromatic carbocycles. The van der Waals surface area contributed by atoms with Gasteiger partial charge in [0, 0.05) is 10.7 Å². The van der Waals surface area contributed by atoms with Crippen LogP contribution in [-0.2, 0) is 6.42 Å². The van der Waals surface area contributed by atoms with E-state index in [0.717, 1.165) is 23.1 Å². The summed E-state index contributed by atoms with van der Waals surface area (Å²) < 4.78 is 1.12. The second kappa shape index (κ2) is 6.83. The van der Waals surface area contributed by atoms with Crippen LogP contribution in [0.15, 0.2) is 47.1 Å². The molecule has 0 aliphatic carbocycles. The van der Waals surface area contributed by atoms with Crippen molar-refractivity contribution in [3.8, 4) is 0 Å². The molecule has 100 valence electrons. The predicted molar refractivity (Wildman–Crippen MR) is 83.2 cm³/mol. The molecule has 0 radical (unpaired) electrons. The lowest BCUT2D eigenvalue weighted by atomic mass is 10.0. The number of benzene rings is 1. The first-order valence-electron chi connectivity index (χ1n) is 6.59. The monoisotopic (exact) mass is 318 g/mol. The number of nitrogens with zero attached hydrogens (tertiary/aromatic N) is 1. The number of aromatic nitrogens is 1. The SMILES string of the molecule is CCNC(Cc1cccc(Br)c1)c1cc(C)ccn1. The standard InChI is InChI=1S/C16H19BrN2/c1-3-18-16(15-9-12(2)7-8-19-15)11-13-5-4-6-14(17)10-13/h4-10,16,18H,3,11H2,1-2H3.